The molecule has 0 saturated carbocycles. The van der Waals surface area contributed by atoms with E-state index in [0.717, 1.165) is 0 Å². The third-order valence-electron chi connectivity index (χ3n) is 3.65. The van der Waals surface area contributed by atoms with Crippen LogP contribution in [0.5, 0.6) is 5.75 Å². The van der Waals surface area contributed by atoms with E-state index in [0.29, 0.717) is 25.1 Å². The number of piperidine rings is 1. The van der Waals surface area contributed by atoms with Crippen LogP contribution >= 0.6 is 0 Å². The first kappa shape index (κ1) is 15.8. The van der Waals surface area contributed by atoms with Crippen molar-refractivity contribution in [3.63, 3.8) is 0 Å². The predicted octanol–water partition coefficient (Wildman–Crippen LogP) is 1.39. The van der Waals surface area contributed by atoms with Gasteiger partial charge in [-0.2, -0.15) is 0 Å². The van der Waals surface area contributed by atoms with E-state index in [1.165, 1.54) is 16.4 Å². The molecule has 1 heterocycles. The standard InChI is InChI=1S/C14H20N2O4S/c1-2-21(19,20)16-9-3-4-11(10-16)14(18)15-12-5-7-13(17)8-6-12/h5-8,11,17H,2-4,9-10H2,1H3,(H,15,18). The number of sulfonamides is 1. The Kier molecular flexibility index (Phi) is 4.84. The van der Waals surface area contributed by atoms with Gasteiger partial charge in [-0.05, 0) is 44.0 Å². The molecule has 2 rings (SSSR count). The van der Waals surface area contributed by atoms with Crippen molar-refractivity contribution in [3.8, 4) is 5.75 Å². The average Bonchev–Trinajstić information content (AvgIpc) is 2.49. The summed E-state index contributed by atoms with van der Waals surface area (Å²) in [5, 5.41) is 12.0. The van der Waals surface area contributed by atoms with Crippen LogP contribution in [0.4, 0.5) is 5.69 Å². The van der Waals surface area contributed by atoms with Crippen molar-refractivity contribution in [3.05, 3.63) is 24.3 Å². The molecule has 1 atom stereocenters. The lowest BCUT2D eigenvalue weighted by atomic mass is 9.99. The van der Waals surface area contributed by atoms with E-state index in [1.54, 1.807) is 19.1 Å². The fourth-order valence-electron chi connectivity index (χ4n) is 2.38. The summed E-state index contributed by atoms with van der Waals surface area (Å²) in [5.41, 5.74) is 0.591. The minimum Gasteiger partial charge on any atom is -0.508 e. The molecule has 0 spiro atoms. The number of nitrogens with zero attached hydrogens (tertiary/aromatic N) is 1. The molecule has 1 saturated heterocycles. The Balaban J connectivity index is 2.01. The van der Waals surface area contributed by atoms with Gasteiger partial charge in [-0.25, -0.2) is 12.7 Å². The number of benzene rings is 1. The minimum atomic E-state index is -3.25. The molecular weight excluding hydrogens is 292 g/mol. The minimum absolute atomic E-state index is 0.0549. The van der Waals surface area contributed by atoms with Crippen molar-refractivity contribution in [2.24, 2.45) is 5.92 Å². The SMILES string of the molecule is CCS(=O)(=O)N1CCCC(C(=O)Nc2ccc(O)cc2)C1. The van der Waals surface area contributed by atoms with Gasteiger partial charge in [0.05, 0.1) is 11.7 Å². The maximum atomic E-state index is 12.2. The van der Waals surface area contributed by atoms with Gasteiger partial charge in [-0.3, -0.25) is 4.79 Å². The van der Waals surface area contributed by atoms with E-state index in [9.17, 15) is 18.3 Å². The smallest absolute Gasteiger partial charge is 0.228 e. The largest absolute Gasteiger partial charge is 0.508 e. The van der Waals surface area contributed by atoms with Gasteiger partial charge in [0.15, 0.2) is 0 Å². The molecule has 1 aromatic carbocycles. The zero-order valence-corrected chi connectivity index (χ0v) is 12.8. The number of carbonyl (C=O) groups is 1. The Morgan fingerprint density at radius 1 is 1.38 bits per heavy atom. The number of hydrogen-bond acceptors (Lipinski definition) is 4. The lowest BCUT2D eigenvalue weighted by Crippen LogP contribution is -2.44. The number of hydrogen-bond donors (Lipinski definition) is 2. The van der Waals surface area contributed by atoms with Gasteiger partial charge in [-0.1, -0.05) is 0 Å². The van der Waals surface area contributed by atoms with Crippen LogP contribution < -0.4 is 5.32 Å². The number of nitrogens with one attached hydrogen (secondary N) is 1. The fraction of sp³-hybridized carbons (Fsp3) is 0.500. The lowest BCUT2D eigenvalue weighted by molar-refractivity contribution is -0.120. The molecule has 0 radical (unpaired) electrons. The highest BCUT2D eigenvalue weighted by atomic mass is 32.2. The Bertz CT molecular complexity index is 598. The molecular formula is C14H20N2O4S. The summed E-state index contributed by atoms with van der Waals surface area (Å²) in [4.78, 5) is 12.2. The molecule has 1 fully saturated rings. The van der Waals surface area contributed by atoms with E-state index in [-0.39, 0.29) is 29.9 Å². The van der Waals surface area contributed by atoms with Gasteiger partial charge >= 0.3 is 0 Å². The zero-order valence-electron chi connectivity index (χ0n) is 11.9. The summed E-state index contributed by atoms with van der Waals surface area (Å²) in [7, 11) is -3.25. The van der Waals surface area contributed by atoms with Gasteiger partial charge in [0, 0.05) is 18.8 Å². The summed E-state index contributed by atoms with van der Waals surface area (Å²) >= 11 is 0. The molecule has 1 unspecified atom stereocenters. The van der Waals surface area contributed by atoms with Crippen molar-refractivity contribution in [2.75, 3.05) is 24.2 Å². The van der Waals surface area contributed by atoms with Crippen molar-refractivity contribution >= 4 is 21.6 Å². The molecule has 0 aromatic heterocycles. The van der Waals surface area contributed by atoms with E-state index < -0.39 is 10.0 Å². The maximum absolute atomic E-state index is 12.2. The van der Waals surface area contributed by atoms with Gasteiger partial charge in [0.2, 0.25) is 15.9 Å². The highest BCUT2D eigenvalue weighted by Gasteiger charge is 2.31. The molecule has 116 valence electrons. The first-order chi connectivity index (χ1) is 9.92. The monoisotopic (exact) mass is 312 g/mol. The molecule has 1 aromatic rings. The predicted molar refractivity (Wildman–Crippen MR) is 80.5 cm³/mol. The van der Waals surface area contributed by atoms with Crippen LogP contribution in [0.15, 0.2) is 24.3 Å². The van der Waals surface area contributed by atoms with Crippen LogP contribution in [0, 0.1) is 5.92 Å². The lowest BCUT2D eigenvalue weighted by Gasteiger charge is -2.30. The number of anilines is 1. The maximum Gasteiger partial charge on any atom is 0.228 e. The Labute approximate surface area is 124 Å². The van der Waals surface area contributed by atoms with Crippen molar-refractivity contribution < 1.29 is 18.3 Å². The number of carbonyl (C=O) groups excluding carboxylic acids is 1. The third kappa shape index (κ3) is 3.95. The number of phenols is 1. The quantitative estimate of drug-likeness (QED) is 0.823. The first-order valence-electron chi connectivity index (χ1n) is 7.00. The first-order valence-corrected chi connectivity index (χ1v) is 8.61. The fourth-order valence-corrected chi connectivity index (χ4v) is 3.56. The molecule has 1 aliphatic rings. The molecule has 21 heavy (non-hydrogen) atoms. The topological polar surface area (TPSA) is 86.7 Å². The van der Waals surface area contributed by atoms with Crippen molar-refractivity contribution in [1.29, 1.82) is 0 Å². The van der Waals surface area contributed by atoms with Gasteiger partial charge in [0.25, 0.3) is 0 Å². The molecule has 0 bridgehead atoms. The van der Waals surface area contributed by atoms with Gasteiger partial charge in [-0.15, -0.1) is 0 Å². The average molecular weight is 312 g/mol. The molecule has 2 N–H and O–H groups in total. The van der Waals surface area contributed by atoms with Crippen LogP contribution in [-0.2, 0) is 14.8 Å². The second-order valence-electron chi connectivity index (χ2n) is 5.13. The highest BCUT2D eigenvalue weighted by molar-refractivity contribution is 7.89. The second-order valence-corrected chi connectivity index (χ2v) is 7.39. The number of phenolic OH excluding ortho intramolecular Hbond substituents is 1. The number of rotatable bonds is 4. The summed E-state index contributed by atoms with van der Waals surface area (Å²) in [6.45, 7) is 2.33. The Hall–Kier alpha value is -1.60. The van der Waals surface area contributed by atoms with Crippen LogP contribution in [-0.4, -0.2) is 42.6 Å². The van der Waals surface area contributed by atoms with E-state index in [2.05, 4.69) is 5.32 Å². The summed E-state index contributed by atoms with van der Waals surface area (Å²) < 4.78 is 25.2. The van der Waals surface area contributed by atoms with Crippen molar-refractivity contribution in [1.82, 2.24) is 4.31 Å². The van der Waals surface area contributed by atoms with Gasteiger partial charge < -0.3 is 10.4 Å². The number of aromatic hydroxyl groups is 1. The van der Waals surface area contributed by atoms with Crippen LogP contribution in [0.3, 0.4) is 0 Å². The molecule has 7 heteroatoms. The Morgan fingerprint density at radius 3 is 2.67 bits per heavy atom. The third-order valence-corrected chi connectivity index (χ3v) is 5.50. The van der Waals surface area contributed by atoms with Crippen LogP contribution in [0.1, 0.15) is 19.8 Å². The van der Waals surface area contributed by atoms with Crippen molar-refractivity contribution in [2.45, 2.75) is 19.8 Å². The highest BCUT2D eigenvalue weighted by Crippen LogP contribution is 2.22. The molecule has 6 nitrogen and oxygen atoms in total. The number of amides is 1. The second kappa shape index (κ2) is 6.44. The molecule has 1 aliphatic heterocycles. The Morgan fingerprint density at radius 2 is 2.05 bits per heavy atom. The normalized spacial score (nSPS) is 20.1. The van der Waals surface area contributed by atoms with E-state index in [4.69, 9.17) is 0 Å². The van der Waals surface area contributed by atoms with Gasteiger partial charge in [0.1, 0.15) is 5.75 Å². The van der Waals surface area contributed by atoms with Crippen LogP contribution in [0.2, 0.25) is 0 Å². The zero-order chi connectivity index (χ0) is 15.5. The molecule has 1 amide bonds. The van der Waals surface area contributed by atoms with Crippen LogP contribution in [0.25, 0.3) is 0 Å². The van der Waals surface area contributed by atoms with E-state index >= 15 is 0 Å². The summed E-state index contributed by atoms with van der Waals surface area (Å²) in [6, 6.07) is 6.20. The van der Waals surface area contributed by atoms with E-state index in [1.807, 2.05) is 0 Å². The summed E-state index contributed by atoms with van der Waals surface area (Å²) in [6.07, 6.45) is 1.37. The summed E-state index contributed by atoms with van der Waals surface area (Å²) in [5.74, 6) is -0.337. The molecule has 0 aliphatic carbocycles.